The van der Waals surface area contributed by atoms with E-state index in [1.807, 2.05) is 0 Å². The van der Waals surface area contributed by atoms with Crippen LogP contribution in [-0.4, -0.2) is 96.7 Å². The Balaban J connectivity index is 5.25. The van der Waals surface area contributed by atoms with E-state index >= 15 is 0 Å². The highest BCUT2D eigenvalue weighted by atomic mass is 31.2. The van der Waals surface area contributed by atoms with Crippen LogP contribution in [0.1, 0.15) is 401 Å². The maximum Gasteiger partial charge on any atom is 0.472 e. The molecule has 0 fully saturated rings. The summed E-state index contributed by atoms with van der Waals surface area (Å²) < 4.78 is 68.6. The van der Waals surface area contributed by atoms with Gasteiger partial charge in [0.05, 0.1) is 26.4 Å². The summed E-state index contributed by atoms with van der Waals surface area (Å²) >= 11 is 0. The van der Waals surface area contributed by atoms with Gasteiger partial charge in [0.2, 0.25) is 0 Å². The molecule has 0 saturated carbocycles. The molecule has 0 aliphatic rings. The molecule has 0 aliphatic heterocycles. The molecule has 0 radical (unpaired) electrons. The molecule has 0 rings (SSSR count). The summed E-state index contributed by atoms with van der Waals surface area (Å²) in [7, 11) is -9.91. The minimum absolute atomic E-state index is 0.107. The van der Waals surface area contributed by atoms with Crippen LogP contribution < -0.4 is 0 Å². The van der Waals surface area contributed by atoms with Crippen molar-refractivity contribution in [2.24, 2.45) is 11.8 Å². The summed E-state index contributed by atoms with van der Waals surface area (Å²) in [6, 6.07) is 0. The Bertz CT molecular complexity index is 1860. The van der Waals surface area contributed by atoms with Crippen molar-refractivity contribution in [3.05, 3.63) is 0 Å². The number of hydrogen-bond acceptors (Lipinski definition) is 15. The van der Waals surface area contributed by atoms with E-state index in [9.17, 15) is 43.2 Å². The first kappa shape index (κ1) is 94.1. The number of aliphatic hydroxyl groups is 1. The average molecular weight is 1410 g/mol. The van der Waals surface area contributed by atoms with Crippen LogP contribution >= 0.6 is 15.6 Å². The molecule has 0 aromatic carbocycles. The highest BCUT2D eigenvalue weighted by molar-refractivity contribution is 7.47. The van der Waals surface area contributed by atoms with Crippen molar-refractivity contribution in [1.29, 1.82) is 0 Å². The minimum Gasteiger partial charge on any atom is -0.462 e. The Hall–Kier alpha value is -1.94. The van der Waals surface area contributed by atoms with E-state index in [2.05, 4.69) is 41.5 Å². The van der Waals surface area contributed by atoms with Gasteiger partial charge in [-0.3, -0.25) is 37.3 Å². The zero-order chi connectivity index (χ0) is 70.7. The maximum atomic E-state index is 13.1. The molecule has 19 heteroatoms. The van der Waals surface area contributed by atoms with Gasteiger partial charge in [-0.2, -0.15) is 0 Å². The number of ether oxygens (including phenoxy) is 4. The van der Waals surface area contributed by atoms with E-state index in [0.29, 0.717) is 31.6 Å². The summed E-state index contributed by atoms with van der Waals surface area (Å²) in [5, 5.41) is 10.6. The molecule has 0 amide bonds. The van der Waals surface area contributed by atoms with E-state index in [1.165, 1.54) is 212 Å². The second-order valence-corrected chi connectivity index (χ2v) is 31.6. The molecule has 5 atom stereocenters. The smallest absolute Gasteiger partial charge is 0.462 e. The van der Waals surface area contributed by atoms with Crippen LogP contribution in [0.5, 0.6) is 0 Å². The zero-order valence-corrected chi connectivity index (χ0v) is 64.5. The normalized spacial score (nSPS) is 14.0. The van der Waals surface area contributed by atoms with Crippen molar-refractivity contribution >= 4 is 39.5 Å². The molecule has 0 heterocycles. The molecular formula is C77H150O17P2. The first-order valence-corrected chi connectivity index (χ1v) is 43.0. The molecule has 0 aromatic rings. The van der Waals surface area contributed by atoms with Crippen LogP contribution in [0, 0.1) is 11.8 Å². The number of phosphoric ester groups is 2. The Kier molecular flexibility index (Phi) is 67.4. The van der Waals surface area contributed by atoms with Gasteiger partial charge in [-0.15, -0.1) is 0 Å². The highest BCUT2D eigenvalue weighted by Gasteiger charge is 2.30. The molecule has 0 saturated heterocycles. The van der Waals surface area contributed by atoms with Crippen LogP contribution in [-0.2, 0) is 65.4 Å². The molecule has 2 unspecified atom stereocenters. The van der Waals surface area contributed by atoms with Gasteiger partial charge in [0, 0.05) is 25.7 Å². The fourth-order valence-corrected chi connectivity index (χ4v) is 13.4. The van der Waals surface area contributed by atoms with Crippen molar-refractivity contribution in [3.63, 3.8) is 0 Å². The van der Waals surface area contributed by atoms with E-state index in [-0.39, 0.29) is 25.7 Å². The van der Waals surface area contributed by atoms with Gasteiger partial charge < -0.3 is 33.8 Å². The lowest BCUT2D eigenvalue weighted by Gasteiger charge is -2.21. The lowest BCUT2D eigenvalue weighted by Crippen LogP contribution is -2.30. The first-order valence-electron chi connectivity index (χ1n) is 40.0. The van der Waals surface area contributed by atoms with Gasteiger partial charge in [-0.1, -0.05) is 350 Å². The molecule has 17 nitrogen and oxygen atoms in total. The topological polar surface area (TPSA) is 237 Å². The number of phosphoric acid groups is 2. The molecule has 96 heavy (non-hydrogen) atoms. The van der Waals surface area contributed by atoms with Gasteiger partial charge >= 0.3 is 39.5 Å². The van der Waals surface area contributed by atoms with Crippen LogP contribution in [0.2, 0.25) is 0 Å². The number of carbonyl (C=O) groups excluding carboxylic acids is 4. The second kappa shape index (κ2) is 68.8. The Morgan fingerprint density at radius 2 is 0.479 bits per heavy atom. The van der Waals surface area contributed by atoms with Crippen LogP contribution in [0.15, 0.2) is 0 Å². The number of unbranched alkanes of at least 4 members (excludes halogenated alkanes) is 46. The fourth-order valence-electron chi connectivity index (χ4n) is 11.8. The monoisotopic (exact) mass is 1410 g/mol. The third-order valence-electron chi connectivity index (χ3n) is 18.0. The number of aliphatic hydroxyl groups excluding tert-OH is 1. The summed E-state index contributed by atoms with van der Waals surface area (Å²) in [4.78, 5) is 72.9. The Morgan fingerprint density at radius 3 is 0.708 bits per heavy atom. The van der Waals surface area contributed by atoms with Crippen molar-refractivity contribution in [2.45, 2.75) is 419 Å². The zero-order valence-electron chi connectivity index (χ0n) is 62.7. The van der Waals surface area contributed by atoms with Crippen molar-refractivity contribution < 1.29 is 80.2 Å². The van der Waals surface area contributed by atoms with E-state index in [0.717, 1.165) is 102 Å². The summed E-state index contributed by atoms with van der Waals surface area (Å²) in [6.07, 6.45) is 56.8. The lowest BCUT2D eigenvalue weighted by molar-refractivity contribution is -0.161. The summed E-state index contributed by atoms with van der Waals surface area (Å²) in [6.45, 7) is 9.57. The third-order valence-corrected chi connectivity index (χ3v) is 19.9. The largest absolute Gasteiger partial charge is 0.472 e. The molecule has 0 bridgehead atoms. The average Bonchev–Trinajstić information content (AvgIpc) is 1.18. The Labute approximate surface area is 588 Å². The van der Waals surface area contributed by atoms with Crippen molar-refractivity contribution in [1.82, 2.24) is 0 Å². The second-order valence-electron chi connectivity index (χ2n) is 28.7. The van der Waals surface area contributed by atoms with Crippen molar-refractivity contribution in [3.8, 4) is 0 Å². The van der Waals surface area contributed by atoms with Crippen LogP contribution in [0.25, 0.3) is 0 Å². The SMILES string of the molecule is CCCCCCCCCCCCCCCCCCC(=O)OC[C@H](COP(=O)(O)OC[C@@H](O)COP(=O)(O)OC[C@@H](COC(=O)CCCCCCCCCC(C)C)OC(=O)CCCCCCCCCCCCCCCC)OC(=O)CCCCCCCCCCCCCCCC(C)C. The minimum atomic E-state index is -4.96. The maximum absolute atomic E-state index is 13.1. The first-order chi connectivity index (χ1) is 46.4. The predicted molar refractivity (Wildman–Crippen MR) is 391 cm³/mol. The summed E-state index contributed by atoms with van der Waals surface area (Å²) in [5.74, 6) is -0.621. The van der Waals surface area contributed by atoms with Crippen LogP contribution in [0.4, 0.5) is 0 Å². The third kappa shape index (κ3) is 70.5. The summed E-state index contributed by atoms with van der Waals surface area (Å²) in [5.41, 5.74) is 0. The van der Waals surface area contributed by atoms with E-state index in [1.54, 1.807) is 0 Å². The number of hydrogen-bond donors (Lipinski definition) is 3. The van der Waals surface area contributed by atoms with Crippen molar-refractivity contribution in [2.75, 3.05) is 39.6 Å². The van der Waals surface area contributed by atoms with Gasteiger partial charge in [0.15, 0.2) is 12.2 Å². The van der Waals surface area contributed by atoms with Gasteiger partial charge in [0.1, 0.15) is 19.3 Å². The molecule has 570 valence electrons. The van der Waals surface area contributed by atoms with Gasteiger partial charge in [-0.25, -0.2) is 9.13 Å². The van der Waals surface area contributed by atoms with E-state index in [4.69, 9.17) is 37.0 Å². The fraction of sp³-hybridized carbons (Fsp3) is 0.948. The Morgan fingerprint density at radius 1 is 0.281 bits per heavy atom. The molecule has 3 N–H and O–H groups in total. The predicted octanol–water partition coefficient (Wildman–Crippen LogP) is 22.7. The van der Waals surface area contributed by atoms with Gasteiger partial charge in [0.25, 0.3) is 0 Å². The quantitative estimate of drug-likeness (QED) is 0.0222. The highest BCUT2D eigenvalue weighted by Crippen LogP contribution is 2.45. The molecule has 0 aromatic heterocycles. The number of rotatable bonds is 76. The molecule has 0 aliphatic carbocycles. The lowest BCUT2D eigenvalue weighted by atomic mass is 10.0. The van der Waals surface area contributed by atoms with Gasteiger partial charge in [-0.05, 0) is 37.5 Å². The number of carbonyl (C=O) groups is 4. The molecular weight excluding hydrogens is 1260 g/mol. The number of esters is 4. The molecule has 0 spiro atoms. The van der Waals surface area contributed by atoms with E-state index < -0.39 is 97.5 Å². The standard InChI is InChI=1S/C77H150O17P2/c1-7-9-11-13-15-17-19-21-23-24-28-31-35-41-47-53-59-74(79)87-65-72(93-76(81)62-56-50-43-37-33-29-25-26-30-34-39-45-51-57-69(3)4)67-91-95(83,84)89-63-71(78)64-90-96(85,86)92-68-73(66-88-75(80)60-54-48-44-38-40-46-52-58-70(5)6)94-77(82)61-55-49-42-36-32-27-22-20-18-16-14-12-10-8-2/h69-73,78H,7-68H2,1-6H3,(H,83,84)(H,85,86)/t71-,72-,73-/m1/s1. The van der Waals surface area contributed by atoms with Crippen LogP contribution in [0.3, 0.4) is 0 Å².